The van der Waals surface area contributed by atoms with Crippen molar-refractivity contribution in [2.45, 2.75) is 13.3 Å². The van der Waals surface area contributed by atoms with E-state index in [9.17, 15) is 4.79 Å². The first-order valence-electron chi connectivity index (χ1n) is 4.98. The van der Waals surface area contributed by atoms with Crippen LogP contribution in [0.2, 0.25) is 0 Å². The molecule has 84 valence electrons. The number of nitrogens with zero attached hydrogens (tertiary/aromatic N) is 2. The molecule has 0 unspecified atom stereocenters. The van der Waals surface area contributed by atoms with Gasteiger partial charge < -0.3 is 10.0 Å². The minimum Gasteiger partial charge on any atom is -0.481 e. The first-order valence-corrected chi connectivity index (χ1v) is 4.98. The fourth-order valence-corrected chi connectivity index (χ4v) is 1.44. The molecule has 0 radical (unpaired) electrons. The lowest BCUT2D eigenvalue weighted by Crippen LogP contribution is -2.21. The average Bonchev–Trinajstić information content (AvgIpc) is 2.25. The van der Waals surface area contributed by atoms with Crippen LogP contribution >= 0.6 is 0 Å². The van der Waals surface area contributed by atoms with Crippen molar-refractivity contribution in [2.75, 3.05) is 18.5 Å². The molecule has 4 heteroatoms. The lowest BCUT2D eigenvalue weighted by Gasteiger charge is -2.19. The monoisotopic (exact) mass is 218 g/mol. The van der Waals surface area contributed by atoms with E-state index in [1.807, 2.05) is 19.1 Å². The van der Waals surface area contributed by atoms with Crippen molar-refractivity contribution in [3.05, 3.63) is 29.3 Å². The van der Waals surface area contributed by atoms with Crippen molar-refractivity contribution in [2.24, 2.45) is 0 Å². The average molecular weight is 218 g/mol. The smallest absolute Gasteiger partial charge is 0.305 e. The molecule has 4 nitrogen and oxygen atoms in total. The Morgan fingerprint density at radius 3 is 2.81 bits per heavy atom. The number of anilines is 1. The van der Waals surface area contributed by atoms with Crippen LogP contribution in [0.3, 0.4) is 0 Å². The van der Waals surface area contributed by atoms with Gasteiger partial charge in [-0.2, -0.15) is 5.26 Å². The number of carboxylic acid groups (broad SMARTS) is 1. The first-order chi connectivity index (χ1) is 7.54. The minimum absolute atomic E-state index is 0.0648. The number of nitriles is 1. The Morgan fingerprint density at radius 2 is 2.25 bits per heavy atom. The molecule has 0 fully saturated rings. The minimum atomic E-state index is -0.835. The molecule has 0 aromatic heterocycles. The van der Waals surface area contributed by atoms with E-state index >= 15 is 0 Å². The Labute approximate surface area is 94.7 Å². The standard InChI is InChI=1S/C12H14N2O2/c1-9-3-4-10(8-13)11(7-9)14(2)6-5-12(15)16/h3-4,7H,5-6H2,1-2H3,(H,15,16). The number of hydrogen-bond donors (Lipinski definition) is 1. The summed E-state index contributed by atoms with van der Waals surface area (Å²) in [4.78, 5) is 12.3. The van der Waals surface area contributed by atoms with Crippen LogP contribution in [0.4, 0.5) is 5.69 Å². The second-order valence-electron chi connectivity index (χ2n) is 3.70. The molecule has 0 aliphatic carbocycles. The van der Waals surface area contributed by atoms with Crippen LogP contribution in [-0.4, -0.2) is 24.7 Å². The third-order valence-electron chi connectivity index (χ3n) is 2.35. The highest BCUT2D eigenvalue weighted by molar-refractivity contribution is 5.68. The second-order valence-corrected chi connectivity index (χ2v) is 3.70. The topological polar surface area (TPSA) is 64.3 Å². The lowest BCUT2D eigenvalue weighted by molar-refractivity contribution is -0.136. The lowest BCUT2D eigenvalue weighted by atomic mass is 10.1. The largest absolute Gasteiger partial charge is 0.481 e. The Kier molecular flexibility index (Phi) is 3.90. The molecule has 16 heavy (non-hydrogen) atoms. The van der Waals surface area contributed by atoms with Gasteiger partial charge in [-0.25, -0.2) is 0 Å². The zero-order valence-electron chi connectivity index (χ0n) is 9.40. The number of carbonyl (C=O) groups is 1. The van der Waals surface area contributed by atoms with E-state index in [1.54, 1.807) is 18.0 Å². The van der Waals surface area contributed by atoms with Crippen LogP contribution < -0.4 is 4.90 Å². The van der Waals surface area contributed by atoms with Gasteiger partial charge in [-0.15, -0.1) is 0 Å². The summed E-state index contributed by atoms with van der Waals surface area (Å²) in [5.41, 5.74) is 2.40. The summed E-state index contributed by atoms with van der Waals surface area (Å²) in [5.74, 6) is -0.835. The first kappa shape index (κ1) is 12.1. The number of benzene rings is 1. The summed E-state index contributed by atoms with van der Waals surface area (Å²) < 4.78 is 0. The van der Waals surface area contributed by atoms with Crippen molar-refractivity contribution < 1.29 is 9.90 Å². The molecule has 0 aliphatic heterocycles. The zero-order chi connectivity index (χ0) is 12.1. The highest BCUT2D eigenvalue weighted by Gasteiger charge is 2.08. The van der Waals surface area contributed by atoms with Gasteiger partial charge in [0.1, 0.15) is 6.07 Å². The third kappa shape index (κ3) is 2.99. The van der Waals surface area contributed by atoms with Crippen LogP contribution in [-0.2, 0) is 4.79 Å². The molecule has 0 heterocycles. The predicted octanol–water partition coefficient (Wildman–Crippen LogP) is 1.78. The summed E-state index contributed by atoms with van der Waals surface area (Å²) in [6.45, 7) is 2.34. The highest BCUT2D eigenvalue weighted by Crippen LogP contribution is 2.20. The van der Waals surface area contributed by atoms with Crippen LogP contribution in [0.25, 0.3) is 0 Å². The van der Waals surface area contributed by atoms with Gasteiger partial charge in [-0.3, -0.25) is 4.79 Å². The summed E-state index contributed by atoms with van der Waals surface area (Å²) in [6.07, 6.45) is 0.0648. The molecule has 0 bridgehead atoms. The van der Waals surface area contributed by atoms with Crippen molar-refractivity contribution >= 4 is 11.7 Å². The SMILES string of the molecule is Cc1ccc(C#N)c(N(C)CCC(=O)O)c1. The molecule has 1 aromatic rings. The molecule has 1 rings (SSSR count). The number of carboxylic acids is 1. The Balaban J connectivity index is 2.89. The van der Waals surface area contributed by atoms with E-state index in [0.29, 0.717) is 12.1 Å². The fraction of sp³-hybridized carbons (Fsp3) is 0.333. The molecule has 0 spiro atoms. The molecule has 1 N–H and O–H groups in total. The van der Waals surface area contributed by atoms with Crippen molar-refractivity contribution in [1.29, 1.82) is 5.26 Å². The Morgan fingerprint density at radius 1 is 1.56 bits per heavy atom. The fourth-order valence-electron chi connectivity index (χ4n) is 1.44. The Bertz CT molecular complexity index is 435. The van der Waals surface area contributed by atoms with Crippen LogP contribution in [0.5, 0.6) is 0 Å². The van der Waals surface area contributed by atoms with Gasteiger partial charge in [-0.1, -0.05) is 6.07 Å². The molecule has 0 aliphatic rings. The number of hydrogen-bond acceptors (Lipinski definition) is 3. The molecule has 0 atom stereocenters. The van der Waals surface area contributed by atoms with Crippen molar-refractivity contribution in [1.82, 2.24) is 0 Å². The van der Waals surface area contributed by atoms with Gasteiger partial charge in [0.05, 0.1) is 17.7 Å². The summed E-state index contributed by atoms with van der Waals surface area (Å²) in [6, 6.07) is 7.61. The second kappa shape index (κ2) is 5.17. The maximum absolute atomic E-state index is 10.5. The summed E-state index contributed by atoms with van der Waals surface area (Å²) in [5, 5.41) is 17.5. The highest BCUT2D eigenvalue weighted by atomic mass is 16.4. The summed E-state index contributed by atoms with van der Waals surface area (Å²) >= 11 is 0. The maximum atomic E-state index is 10.5. The summed E-state index contributed by atoms with van der Waals surface area (Å²) in [7, 11) is 1.79. The van der Waals surface area contributed by atoms with Gasteiger partial charge in [0, 0.05) is 13.6 Å². The number of aliphatic carboxylic acids is 1. The van der Waals surface area contributed by atoms with Gasteiger partial charge >= 0.3 is 5.97 Å². The number of aryl methyl sites for hydroxylation is 1. The van der Waals surface area contributed by atoms with Crippen LogP contribution in [0.15, 0.2) is 18.2 Å². The zero-order valence-corrected chi connectivity index (χ0v) is 9.40. The molecular formula is C12H14N2O2. The molecule has 1 aromatic carbocycles. The number of rotatable bonds is 4. The van der Waals surface area contributed by atoms with Gasteiger partial charge in [0.15, 0.2) is 0 Å². The van der Waals surface area contributed by atoms with E-state index < -0.39 is 5.97 Å². The quantitative estimate of drug-likeness (QED) is 0.836. The molecular weight excluding hydrogens is 204 g/mol. The van der Waals surface area contributed by atoms with Crippen LogP contribution in [0.1, 0.15) is 17.5 Å². The predicted molar refractivity (Wildman–Crippen MR) is 61.4 cm³/mol. The van der Waals surface area contributed by atoms with E-state index in [2.05, 4.69) is 6.07 Å². The van der Waals surface area contributed by atoms with Crippen molar-refractivity contribution in [3.8, 4) is 6.07 Å². The maximum Gasteiger partial charge on any atom is 0.305 e. The van der Waals surface area contributed by atoms with Gasteiger partial charge in [-0.05, 0) is 24.6 Å². The van der Waals surface area contributed by atoms with E-state index in [-0.39, 0.29) is 6.42 Å². The van der Waals surface area contributed by atoms with Crippen molar-refractivity contribution in [3.63, 3.8) is 0 Å². The normalized spacial score (nSPS) is 9.56. The van der Waals surface area contributed by atoms with E-state index in [4.69, 9.17) is 10.4 Å². The van der Waals surface area contributed by atoms with Crippen LogP contribution in [0, 0.1) is 18.3 Å². The third-order valence-corrected chi connectivity index (χ3v) is 2.35. The van der Waals surface area contributed by atoms with Gasteiger partial charge in [0.2, 0.25) is 0 Å². The van der Waals surface area contributed by atoms with E-state index in [1.165, 1.54) is 0 Å². The molecule has 0 saturated heterocycles. The van der Waals surface area contributed by atoms with Gasteiger partial charge in [0.25, 0.3) is 0 Å². The molecule has 0 amide bonds. The van der Waals surface area contributed by atoms with E-state index in [0.717, 1.165) is 11.3 Å². The Hall–Kier alpha value is -2.02. The molecule has 0 saturated carbocycles.